The number of nitrogens with one attached hydrogen (secondary N) is 1. The number of hydrogen-bond acceptors (Lipinski definition) is 5. The third kappa shape index (κ3) is 1.32. The summed E-state index contributed by atoms with van der Waals surface area (Å²) in [5, 5.41) is 13.8. The van der Waals surface area contributed by atoms with Crippen LogP contribution in [0.4, 0.5) is 5.00 Å². The van der Waals surface area contributed by atoms with E-state index < -0.39 is 5.97 Å². The zero-order valence-corrected chi connectivity index (χ0v) is 6.99. The van der Waals surface area contributed by atoms with E-state index in [0.29, 0.717) is 10.7 Å². The van der Waals surface area contributed by atoms with E-state index in [1.54, 1.807) is 14.0 Å². The number of carboxylic acids is 1. The second-order valence-electron chi connectivity index (χ2n) is 2.01. The van der Waals surface area contributed by atoms with Crippen LogP contribution in [0.5, 0.6) is 0 Å². The average molecular weight is 171 g/mol. The van der Waals surface area contributed by atoms with Gasteiger partial charge < -0.3 is 15.2 Å². The lowest BCUT2D eigenvalue weighted by Crippen LogP contribution is -2.23. The molecule has 0 radical (unpaired) electrons. The SMILES string of the molecule is CNc1snc(C)c1C(=O)[O-]. The molecule has 0 aromatic carbocycles. The van der Waals surface area contributed by atoms with Crippen LogP contribution in [-0.4, -0.2) is 17.4 Å². The molecule has 0 aliphatic carbocycles. The van der Waals surface area contributed by atoms with Crippen LogP contribution in [0.1, 0.15) is 16.1 Å². The molecule has 1 heterocycles. The molecule has 0 aliphatic heterocycles. The fourth-order valence-electron chi connectivity index (χ4n) is 0.781. The zero-order chi connectivity index (χ0) is 8.43. The molecule has 0 bridgehead atoms. The Hall–Kier alpha value is -1.10. The van der Waals surface area contributed by atoms with Crippen molar-refractivity contribution in [3.63, 3.8) is 0 Å². The van der Waals surface area contributed by atoms with Crippen LogP contribution in [0.15, 0.2) is 0 Å². The topological polar surface area (TPSA) is 65.0 Å². The standard InChI is InChI=1S/C6H8N2O2S/c1-3-4(6(9)10)5(7-2)11-8-3/h7H,1-2H3,(H,9,10)/p-1. The summed E-state index contributed by atoms with van der Waals surface area (Å²) in [5.74, 6) is -1.18. The lowest BCUT2D eigenvalue weighted by atomic mass is 10.2. The first-order valence-electron chi connectivity index (χ1n) is 3.02. The number of hydrogen-bond donors (Lipinski definition) is 1. The fraction of sp³-hybridized carbons (Fsp3) is 0.333. The van der Waals surface area contributed by atoms with Crippen LogP contribution in [0.25, 0.3) is 0 Å². The minimum absolute atomic E-state index is 0.164. The van der Waals surface area contributed by atoms with Gasteiger partial charge >= 0.3 is 0 Å². The quantitative estimate of drug-likeness (QED) is 0.672. The smallest absolute Gasteiger partial charge is 0.118 e. The normalized spacial score (nSPS) is 9.64. The second-order valence-corrected chi connectivity index (χ2v) is 2.78. The average Bonchev–Trinajstić information content (AvgIpc) is 2.30. The molecule has 4 nitrogen and oxygen atoms in total. The third-order valence-electron chi connectivity index (χ3n) is 1.29. The molecular formula is C6H7N2O2S-. The van der Waals surface area contributed by atoms with Gasteiger partial charge in [-0.1, -0.05) is 0 Å². The summed E-state index contributed by atoms with van der Waals surface area (Å²) in [6, 6.07) is 0. The molecule has 5 heteroatoms. The number of aromatic nitrogens is 1. The van der Waals surface area contributed by atoms with Crippen LogP contribution >= 0.6 is 11.5 Å². The molecule has 0 amide bonds. The van der Waals surface area contributed by atoms with Gasteiger partial charge in [-0.3, -0.25) is 0 Å². The zero-order valence-electron chi connectivity index (χ0n) is 6.17. The third-order valence-corrected chi connectivity index (χ3v) is 2.25. The molecule has 1 rings (SSSR count). The summed E-state index contributed by atoms with van der Waals surface area (Å²) in [5.41, 5.74) is 0.664. The van der Waals surface area contributed by atoms with Gasteiger partial charge in [0.2, 0.25) is 0 Å². The number of anilines is 1. The van der Waals surface area contributed by atoms with Gasteiger partial charge in [0.1, 0.15) is 5.00 Å². The summed E-state index contributed by atoms with van der Waals surface area (Å²) in [4.78, 5) is 10.5. The minimum atomic E-state index is -1.18. The number of aryl methyl sites for hydroxylation is 1. The summed E-state index contributed by atoms with van der Waals surface area (Å²) < 4.78 is 3.87. The highest BCUT2D eigenvalue weighted by Crippen LogP contribution is 2.22. The second kappa shape index (κ2) is 2.87. The van der Waals surface area contributed by atoms with Crippen molar-refractivity contribution >= 4 is 22.5 Å². The Bertz CT molecular complexity index is 282. The Morgan fingerprint density at radius 2 is 2.36 bits per heavy atom. The molecule has 0 aliphatic rings. The first kappa shape index (κ1) is 8.00. The highest BCUT2D eigenvalue weighted by Gasteiger charge is 2.08. The molecule has 11 heavy (non-hydrogen) atoms. The maximum atomic E-state index is 10.5. The molecule has 0 fully saturated rings. The molecule has 0 saturated heterocycles. The summed E-state index contributed by atoms with van der Waals surface area (Å²) in [6.45, 7) is 1.64. The van der Waals surface area contributed by atoms with E-state index in [1.807, 2.05) is 0 Å². The number of rotatable bonds is 2. The molecule has 1 N–H and O–H groups in total. The molecule has 0 saturated carbocycles. The van der Waals surface area contributed by atoms with Gasteiger partial charge in [-0.25, -0.2) is 0 Å². The summed E-state index contributed by atoms with van der Waals surface area (Å²) >= 11 is 1.12. The number of carbonyl (C=O) groups is 1. The predicted molar refractivity (Wildman–Crippen MR) is 40.7 cm³/mol. The monoisotopic (exact) mass is 171 g/mol. The molecule has 60 valence electrons. The largest absolute Gasteiger partial charge is 0.545 e. The van der Waals surface area contributed by atoms with Crippen molar-refractivity contribution in [1.29, 1.82) is 0 Å². The van der Waals surface area contributed by atoms with Gasteiger partial charge in [-0.05, 0) is 18.5 Å². The summed E-state index contributed by atoms with van der Waals surface area (Å²) in [6.07, 6.45) is 0. The molecule has 0 unspecified atom stereocenters. The van der Waals surface area contributed by atoms with E-state index in [2.05, 4.69) is 9.69 Å². The Kier molecular flexibility index (Phi) is 2.09. The van der Waals surface area contributed by atoms with Crippen molar-refractivity contribution in [2.24, 2.45) is 0 Å². The first-order chi connectivity index (χ1) is 5.16. The van der Waals surface area contributed by atoms with Gasteiger partial charge in [0.05, 0.1) is 17.2 Å². The van der Waals surface area contributed by atoms with E-state index in [4.69, 9.17) is 0 Å². The van der Waals surface area contributed by atoms with Crippen LogP contribution in [0, 0.1) is 6.92 Å². The first-order valence-corrected chi connectivity index (χ1v) is 3.79. The molecule has 1 aromatic rings. The molecule has 0 atom stereocenters. The van der Waals surface area contributed by atoms with E-state index in [9.17, 15) is 9.90 Å². The highest BCUT2D eigenvalue weighted by molar-refractivity contribution is 7.10. The van der Waals surface area contributed by atoms with Crippen LogP contribution < -0.4 is 10.4 Å². The minimum Gasteiger partial charge on any atom is -0.545 e. The Morgan fingerprint density at radius 1 is 1.73 bits per heavy atom. The Morgan fingerprint density at radius 3 is 2.73 bits per heavy atom. The van der Waals surface area contributed by atoms with Gasteiger partial charge in [0, 0.05) is 7.05 Å². The van der Waals surface area contributed by atoms with Crippen molar-refractivity contribution in [3.05, 3.63) is 11.3 Å². The van der Waals surface area contributed by atoms with Crippen molar-refractivity contribution in [1.82, 2.24) is 4.37 Å². The molecular weight excluding hydrogens is 164 g/mol. The number of nitrogens with zero attached hydrogens (tertiary/aromatic N) is 1. The van der Waals surface area contributed by atoms with Gasteiger partial charge in [-0.15, -0.1) is 0 Å². The van der Waals surface area contributed by atoms with Gasteiger partial charge in [-0.2, -0.15) is 4.37 Å². The fourth-order valence-corrected chi connectivity index (χ4v) is 1.51. The van der Waals surface area contributed by atoms with Crippen LogP contribution in [-0.2, 0) is 0 Å². The van der Waals surface area contributed by atoms with Crippen molar-refractivity contribution in [2.75, 3.05) is 12.4 Å². The van der Waals surface area contributed by atoms with Gasteiger partial charge in [0.25, 0.3) is 0 Å². The van der Waals surface area contributed by atoms with Crippen molar-refractivity contribution < 1.29 is 9.90 Å². The van der Waals surface area contributed by atoms with E-state index >= 15 is 0 Å². The highest BCUT2D eigenvalue weighted by atomic mass is 32.1. The van der Waals surface area contributed by atoms with E-state index in [1.165, 1.54) is 0 Å². The lowest BCUT2D eigenvalue weighted by Gasteiger charge is -2.02. The summed E-state index contributed by atoms with van der Waals surface area (Å²) in [7, 11) is 1.65. The maximum Gasteiger partial charge on any atom is 0.118 e. The van der Waals surface area contributed by atoms with Gasteiger partial charge in [0.15, 0.2) is 0 Å². The molecule has 1 aromatic heterocycles. The van der Waals surface area contributed by atoms with Crippen molar-refractivity contribution in [2.45, 2.75) is 6.92 Å². The van der Waals surface area contributed by atoms with Crippen molar-refractivity contribution in [3.8, 4) is 0 Å². The number of carbonyl (C=O) groups excluding carboxylic acids is 1. The number of aromatic carboxylic acids is 1. The van der Waals surface area contributed by atoms with Crippen LogP contribution in [0.3, 0.4) is 0 Å². The van der Waals surface area contributed by atoms with E-state index in [0.717, 1.165) is 11.5 Å². The number of carboxylic acid groups (broad SMARTS) is 1. The molecule has 0 spiro atoms. The van der Waals surface area contributed by atoms with Crippen LogP contribution in [0.2, 0.25) is 0 Å². The Balaban J connectivity index is 3.17. The maximum absolute atomic E-state index is 10.5. The lowest BCUT2D eigenvalue weighted by molar-refractivity contribution is -0.254. The predicted octanol–water partition coefficient (Wildman–Crippen LogP) is -0.143. The Labute approximate surface area is 68.0 Å². The van der Waals surface area contributed by atoms with E-state index in [-0.39, 0.29) is 5.56 Å².